The zero-order valence-corrected chi connectivity index (χ0v) is 20.6. The third kappa shape index (κ3) is 6.48. The van der Waals surface area contributed by atoms with Crippen molar-refractivity contribution in [1.82, 2.24) is 0 Å². The summed E-state index contributed by atoms with van der Waals surface area (Å²) < 4.78 is 11.6. The van der Waals surface area contributed by atoms with Gasteiger partial charge >= 0.3 is 11.9 Å². The minimum absolute atomic E-state index is 0.166. The lowest BCUT2D eigenvalue weighted by Gasteiger charge is -2.36. The van der Waals surface area contributed by atoms with E-state index >= 15 is 0 Å². The first-order chi connectivity index (χ1) is 14.8. The molecule has 0 aliphatic heterocycles. The number of esters is 2. The SMILES string of the molecule is CC1CCC(COC(=O)C2CCCC(C)C2C(=O)OCC2CCC(C)C(C)C2)CC1C. The largest absolute Gasteiger partial charge is 0.465 e. The summed E-state index contributed by atoms with van der Waals surface area (Å²) in [6.45, 7) is 12.4. The van der Waals surface area contributed by atoms with Crippen molar-refractivity contribution in [2.45, 2.75) is 92.4 Å². The van der Waals surface area contributed by atoms with Crippen LogP contribution in [0.4, 0.5) is 0 Å². The molecule has 3 saturated carbocycles. The normalized spacial score (nSPS) is 41.4. The summed E-state index contributed by atoms with van der Waals surface area (Å²) >= 11 is 0. The Kier molecular flexibility index (Phi) is 8.87. The second-order valence-electron chi connectivity index (χ2n) is 11.6. The van der Waals surface area contributed by atoms with E-state index in [1.807, 2.05) is 0 Å². The molecule has 0 aromatic rings. The summed E-state index contributed by atoms with van der Waals surface area (Å²) in [4.78, 5) is 26.1. The Bertz CT molecular complexity index is 602. The molecule has 3 rings (SSSR count). The van der Waals surface area contributed by atoms with Gasteiger partial charge in [-0.25, -0.2) is 0 Å². The lowest BCUT2D eigenvalue weighted by atomic mass is 9.72. The fraction of sp³-hybridized carbons (Fsp3) is 0.926. The van der Waals surface area contributed by atoms with E-state index in [2.05, 4.69) is 34.6 Å². The molecule has 0 aromatic heterocycles. The average molecular weight is 435 g/mol. The maximum atomic E-state index is 13.1. The standard InChI is InChI=1S/C27H46O4/c1-17-9-11-22(13-20(17)4)15-30-26(28)24-8-6-7-19(3)25(24)27(29)31-16-23-12-10-18(2)21(5)14-23/h17-25H,6-16H2,1-5H3. The Morgan fingerprint density at radius 1 is 0.613 bits per heavy atom. The third-order valence-corrected chi connectivity index (χ3v) is 9.13. The van der Waals surface area contributed by atoms with Gasteiger partial charge in [0.15, 0.2) is 0 Å². The van der Waals surface area contributed by atoms with Crippen LogP contribution >= 0.6 is 0 Å². The van der Waals surface area contributed by atoms with Crippen LogP contribution in [0, 0.1) is 53.3 Å². The summed E-state index contributed by atoms with van der Waals surface area (Å²) in [7, 11) is 0. The van der Waals surface area contributed by atoms with Crippen LogP contribution in [0.25, 0.3) is 0 Å². The van der Waals surface area contributed by atoms with E-state index in [0.29, 0.717) is 36.9 Å². The Balaban J connectivity index is 1.51. The van der Waals surface area contributed by atoms with E-state index in [1.54, 1.807) is 0 Å². The number of rotatable bonds is 6. The Labute approximate surface area is 190 Å². The predicted octanol–water partition coefficient (Wildman–Crippen LogP) is 6.27. The van der Waals surface area contributed by atoms with Crippen LogP contribution in [-0.2, 0) is 19.1 Å². The molecule has 4 heteroatoms. The number of carbonyl (C=O) groups excluding carboxylic acids is 2. The quantitative estimate of drug-likeness (QED) is 0.462. The molecule has 3 aliphatic rings. The molecule has 31 heavy (non-hydrogen) atoms. The number of hydrogen-bond acceptors (Lipinski definition) is 4. The molecule has 3 fully saturated rings. The van der Waals surface area contributed by atoms with Gasteiger partial charge in [0.2, 0.25) is 0 Å². The van der Waals surface area contributed by atoms with E-state index in [0.717, 1.165) is 56.8 Å². The second kappa shape index (κ2) is 11.2. The first kappa shape index (κ1) is 24.6. The van der Waals surface area contributed by atoms with Crippen LogP contribution in [0.5, 0.6) is 0 Å². The molecule has 3 aliphatic carbocycles. The van der Waals surface area contributed by atoms with Gasteiger partial charge in [-0.3, -0.25) is 9.59 Å². The van der Waals surface area contributed by atoms with Crippen LogP contribution in [0.1, 0.15) is 92.4 Å². The molecule has 0 bridgehead atoms. The fourth-order valence-corrected chi connectivity index (χ4v) is 6.30. The molecular formula is C27H46O4. The minimum atomic E-state index is -0.341. The summed E-state index contributed by atoms with van der Waals surface area (Å²) in [5.41, 5.74) is 0. The van der Waals surface area contributed by atoms with Gasteiger partial charge in [-0.05, 0) is 80.0 Å². The highest BCUT2D eigenvalue weighted by Gasteiger charge is 2.42. The zero-order valence-electron chi connectivity index (χ0n) is 20.6. The maximum absolute atomic E-state index is 13.1. The third-order valence-electron chi connectivity index (χ3n) is 9.13. The molecule has 0 heterocycles. The molecule has 0 amide bonds. The topological polar surface area (TPSA) is 52.6 Å². The van der Waals surface area contributed by atoms with Crippen LogP contribution in [0.3, 0.4) is 0 Å². The van der Waals surface area contributed by atoms with Gasteiger partial charge < -0.3 is 9.47 Å². The number of ether oxygens (including phenoxy) is 2. The average Bonchev–Trinajstić information content (AvgIpc) is 2.74. The molecular weight excluding hydrogens is 388 g/mol. The summed E-state index contributed by atoms with van der Waals surface area (Å²) in [5.74, 6) is 3.03. The van der Waals surface area contributed by atoms with Gasteiger partial charge in [0, 0.05) is 0 Å². The highest BCUT2D eigenvalue weighted by Crippen LogP contribution is 2.38. The van der Waals surface area contributed by atoms with Crippen LogP contribution in [0.15, 0.2) is 0 Å². The van der Waals surface area contributed by atoms with E-state index in [-0.39, 0.29) is 29.7 Å². The van der Waals surface area contributed by atoms with E-state index in [1.165, 1.54) is 12.8 Å². The first-order valence-electron chi connectivity index (χ1n) is 13.1. The predicted molar refractivity (Wildman–Crippen MR) is 123 cm³/mol. The van der Waals surface area contributed by atoms with Crippen LogP contribution in [-0.4, -0.2) is 25.2 Å². The van der Waals surface area contributed by atoms with Gasteiger partial charge in [0.1, 0.15) is 0 Å². The minimum Gasteiger partial charge on any atom is -0.465 e. The van der Waals surface area contributed by atoms with E-state index in [4.69, 9.17) is 9.47 Å². The van der Waals surface area contributed by atoms with Crippen molar-refractivity contribution in [3.63, 3.8) is 0 Å². The number of hydrogen-bond donors (Lipinski definition) is 0. The summed E-state index contributed by atoms with van der Waals surface area (Å²) in [6.07, 6.45) is 9.72. The number of carbonyl (C=O) groups is 2. The Morgan fingerprint density at radius 2 is 1.13 bits per heavy atom. The molecule has 0 radical (unpaired) electrons. The van der Waals surface area contributed by atoms with Crippen molar-refractivity contribution in [1.29, 1.82) is 0 Å². The van der Waals surface area contributed by atoms with Gasteiger partial charge in [0.05, 0.1) is 25.0 Å². The van der Waals surface area contributed by atoms with Crippen LogP contribution in [0.2, 0.25) is 0 Å². The van der Waals surface area contributed by atoms with Crippen molar-refractivity contribution >= 4 is 11.9 Å². The zero-order chi connectivity index (χ0) is 22.5. The monoisotopic (exact) mass is 434 g/mol. The molecule has 4 nitrogen and oxygen atoms in total. The van der Waals surface area contributed by atoms with Gasteiger partial charge in [-0.1, -0.05) is 53.9 Å². The maximum Gasteiger partial charge on any atom is 0.310 e. The second-order valence-corrected chi connectivity index (χ2v) is 11.6. The van der Waals surface area contributed by atoms with Crippen molar-refractivity contribution in [3.05, 3.63) is 0 Å². The Hall–Kier alpha value is -1.06. The fourth-order valence-electron chi connectivity index (χ4n) is 6.30. The molecule has 0 spiro atoms. The molecule has 0 N–H and O–H groups in total. The van der Waals surface area contributed by atoms with Crippen LogP contribution < -0.4 is 0 Å². The first-order valence-corrected chi connectivity index (χ1v) is 13.1. The van der Waals surface area contributed by atoms with Gasteiger partial charge in [0.25, 0.3) is 0 Å². The highest BCUT2D eigenvalue weighted by atomic mass is 16.5. The van der Waals surface area contributed by atoms with Crippen molar-refractivity contribution in [2.24, 2.45) is 53.3 Å². The van der Waals surface area contributed by atoms with Crippen molar-refractivity contribution in [2.75, 3.05) is 13.2 Å². The lowest BCUT2D eigenvalue weighted by Crippen LogP contribution is -2.40. The smallest absolute Gasteiger partial charge is 0.310 e. The lowest BCUT2D eigenvalue weighted by molar-refractivity contribution is -0.167. The van der Waals surface area contributed by atoms with Crippen molar-refractivity contribution in [3.8, 4) is 0 Å². The summed E-state index contributed by atoms with van der Waals surface area (Å²) in [5, 5.41) is 0. The molecule has 9 unspecified atom stereocenters. The van der Waals surface area contributed by atoms with E-state index in [9.17, 15) is 9.59 Å². The highest BCUT2D eigenvalue weighted by molar-refractivity contribution is 5.82. The van der Waals surface area contributed by atoms with Gasteiger partial charge in [-0.15, -0.1) is 0 Å². The van der Waals surface area contributed by atoms with Crippen molar-refractivity contribution < 1.29 is 19.1 Å². The summed E-state index contributed by atoms with van der Waals surface area (Å²) in [6, 6.07) is 0. The molecule has 0 saturated heterocycles. The molecule has 9 atom stereocenters. The van der Waals surface area contributed by atoms with E-state index < -0.39 is 0 Å². The molecule has 0 aromatic carbocycles. The van der Waals surface area contributed by atoms with Gasteiger partial charge in [-0.2, -0.15) is 0 Å². The Morgan fingerprint density at radius 3 is 1.65 bits per heavy atom. The molecule has 178 valence electrons.